The number of aliphatic hydroxyl groups is 1. The minimum Gasteiger partial charge on any atom is -0.395 e. The maximum Gasteiger partial charge on any atom is 0.295 e. The number of rotatable bonds is 5. The molecule has 1 aliphatic rings. The quantitative estimate of drug-likeness (QED) is 0.667. The van der Waals surface area contributed by atoms with Gasteiger partial charge in [0.05, 0.1) is 11.5 Å². The Morgan fingerprint density at radius 3 is 2.55 bits per heavy atom. The van der Waals surface area contributed by atoms with Crippen LogP contribution in [0.2, 0.25) is 0 Å². The van der Waals surface area contributed by atoms with E-state index in [9.17, 15) is 18.9 Å². The second-order valence-corrected chi connectivity index (χ2v) is 4.84. The first-order chi connectivity index (χ1) is 9.56. The third kappa shape index (κ3) is 2.72. The lowest BCUT2D eigenvalue weighted by Crippen LogP contribution is -2.37. The van der Waals surface area contributed by atoms with Crippen molar-refractivity contribution in [1.29, 1.82) is 0 Å². The van der Waals surface area contributed by atoms with Gasteiger partial charge in [-0.15, -0.1) is 0 Å². The number of hydrogen-bond acceptors (Lipinski definition) is 4. The highest BCUT2D eigenvalue weighted by Crippen LogP contribution is 2.37. The normalized spacial score (nSPS) is 15.6. The summed E-state index contributed by atoms with van der Waals surface area (Å²) in [5, 5.41) is 20.2. The molecule has 5 nitrogen and oxygen atoms in total. The van der Waals surface area contributed by atoms with Gasteiger partial charge < -0.3 is 10.0 Å². The van der Waals surface area contributed by atoms with Crippen LogP contribution in [0.15, 0.2) is 12.1 Å². The predicted octanol–water partition coefficient (Wildman–Crippen LogP) is 2.61. The molecule has 0 aromatic heterocycles. The fourth-order valence-corrected chi connectivity index (χ4v) is 2.75. The van der Waals surface area contributed by atoms with Crippen molar-refractivity contribution in [3.63, 3.8) is 0 Å². The SMILES string of the molecule is O=[N+]([O-])c1ccc(F)c(F)c1N(CCO)C1CCCC1. The van der Waals surface area contributed by atoms with Crippen molar-refractivity contribution in [2.75, 3.05) is 18.1 Å². The lowest BCUT2D eigenvalue weighted by atomic mass is 10.1. The number of halogens is 2. The summed E-state index contributed by atoms with van der Waals surface area (Å²) in [7, 11) is 0. The molecule has 0 unspecified atom stereocenters. The van der Waals surface area contributed by atoms with E-state index in [4.69, 9.17) is 5.11 Å². The zero-order valence-electron chi connectivity index (χ0n) is 10.9. The van der Waals surface area contributed by atoms with Gasteiger partial charge in [0.25, 0.3) is 5.69 Å². The van der Waals surface area contributed by atoms with Gasteiger partial charge in [-0.05, 0) is 18.9 Å². The molecule has 0 atom stereocenters. The van der Waals surface area contributed by atoms with E-state index in [-0.39, 0.29) is 24.9 Å². The molecule has 0 aliphatic heterocycles. The topological polar surface area (TPSA) is 66.6 Å². The third-order valence-corrected chi connectivity index (χ3v) is 3.64. The van der Waals surface area contributed by atoms with Gasteiger partial charge in [0, 0.05) is 18.7 Å². The lowest BCUT2D eigenvalue weighted by molar-refractivity contribution is -0.384. The molecule has 1 aromatic carbocycles. The molecular formula is C13H16F2N2O3. The van der Waals surface area contributed by atoms with Gasteiger partial charge in [0.1, 0.15) is 0 Å². The van der Waals surface area contributed by atoms with Crippen LogP contribution in [-0.4, -0.2) is 29.2 Å². The summed E-state index contributed by atoms with van der Waals surface area (Å²) < 4.78 is 27.5. The highest BCUT2D eigenvalue weighted by atomic mass is 19.2. The number of aliphatic hydroxyl groups excluding tert-OH is 1. The largest absolute Gasteiger partial charge is 0.395 e. The molecule has 0 heterocycles. The number of anilines is 1. The summed E-state index contributed by atoms with van der Waals surface area (Å²) in [4.78, 5) is 11.7. The Bertz CT molecular complexity index is 505. The molecular weight excluding hydrogens is 270 g/mol. The predicted molar refractivity (Wildman–Crippen MR) is 69.7 cm³/mol. The van der Waals surface area contributed by atoms with Gasteiger partial charge in [-0.1, -0.05) is 12.8 Å². The Morgan fingerprint density at radius 1 is 1.35 bits per heavy atom. The van der Waals surface area contributed by atoms with Crippen molar-refractivity contribution >= 4 is 11.4 Å². The molecule has 7 heteroatoms. The smallest absolute Gasteiger partial charge is 0.295 e. The average Bonchev–Trinajstić information content (AvgIpc) is 2.93. The Kier molecular flexibility index (Phi) is 4.49. The van der Waals surface area contributed by atoms with E-state index in [1.54, 1.807) is 0 Å². The number of nitro benzene ring substituents is 1. The lowest BCUT2D eigenvalue weighted by Gasteiger charge is -2.30. The first kappa shape index (κ1) is 14.6. The van der Waals surface area contributed by atoms with E-state index in [0.29, 0.717) is 0 Å². The molecule has 0 spiro atoms. The van der Waals surface area contributed by atoms with E-state index in [2.05, 4.69) is 0 Å². The van der Waals surface area contributed by atoms with Gasteiger partial charge in [0.2, 0.25) is 0 Å². The van der Waals surface area contributed by atoms with Gasteiger partial charge in [-0.25, -0.2) is 8.78 Å². The summed E-state index contributed by atoms with van der Waals surface area (Å²) >= 11 is 0. The first-order valence-corrected chi connectivity index (χ1v) is 6.56. The van der Waals surface area contributed by atoms with E-state index in [1.807, 2.05) is 0 Å². The van der Waals surface area contributed by atoms with Gasteiger partial charge in [0.15, 0.2) is 17.3 Å². The van der Waals surface area contributed by atoms with Crippen LogP contribution in [0.4, 0.5) is 20.2 Å². The van der Waals surface area contributed by atoms with Crippen LogP contribution in [-0.2, 0) is 0 Å². The van der Waals surface area contributed by atoms with Crippen molar-refractivity contribution in [1.82, 2.24) is 0 Å². The van der Waals surface area contributed by atoms with Crippen LogP contribution >= 0.6 is 0 Å². The summed E-state index contributed by atoms with van der Waals surface area (Å²) in [5.74, 6) is -2.34. The monoisotopic (exact) mass is 286 g/mol. The van der Waals surface area contributed by atoms with E-state index >= 15 is 0 Å². The van der Waals surface area contributed by atoms with Crippen LogP contribution < -0.4 is 4.90 Å². The van der Waals surface area contributed by atoms with Crippen LogP contribution in [0.3, 0.4) is 0 Å². The van der Waals surface area contributed by atoms with Crippen molar-refractivity contribution in [2.45, 2.75) is 31.7 Å². The summed E-state index contributed by atoms with van der Waals surface area (Å²) in [6, 6.07) is 1.62. The standard InChI is InChI=1S/C13H16F2N2O3/c14-10-5-6-11(17(19)20)13(12(10)15)16(7-8-18)9-3-1-2-4-9/h5-6,9,18H,1-4,7-8H2. The highest BCUT2D eigenvalue weighted by Gasteiger charge is 2.31. The molecule has 20 heavy (non-hydrogen) atoms. The molecule has 0 amide bonds. The maximum absolute atomic E-state index is 14.0. The highest BCUT2D eigenvalue weighted by molar-refractivity contribution is 5.65. The van der Waals surface area contributed by atoms with Crippen molar-refractivity contribution in [2.24, 2.45) is 0 Å². The van der Waals surface area contributed by atoms with Gasteiger partial charge in [-0.2, -0.15) is 0 Å². The van der Waals surface area contributed by atoms with Crippen molar-refractivity contribution in [3.8, 4) is 0 Å². The molecule has 0 saturated heterocycles. The zero-order chi connectivity index (χ0) is 14.7. The number of benzene rings is 1. The Morgan fingerprint density at radius 2 is 2.00 bits per heavy atom. The molecule has 1 fully saturated rings. The Labute approximate surface area is 115 Å². The molecule has 1 N–H and O–H groups in total. The first-order valence-electron chi connectivity index (χ1n) is 6.56. The minimum absolute atomic E-state index is 0.0475. The maximum atomic E-state index is 14.0. The number of hydrogen-bond donors (Lipinski definition) is 1. The zero-order valence-corrected chi connectivity index (χ0v) is 10.9. The molecule has 0 bridgehead atoms. The summed E-state index contributed by atoms with van der Waals surface area (Å²) in [6.45, 7) is -0.227. The molecule has 1 aromatic rings. The fraction of sp³-hybridized carbons (Fsp3) is 0.538. The third-order valence-electron chi connectivity index (χ3n) is 3.64. The number of nitro groups is 1. The van der Waals surface area contributed by atoms with Crippen LogP contribution in [0.25, 0.3) is 0 Å². The summed E-state index contributed by atoms with van der Waals surface area (Å²) in [6.07, 6.45) is 3.40. The van der Waals surface area contributed by atoms with Crippen LogP contribution in [0.5, 0.6) is 0 Å². The average molecular weight is 286 g/mol. The Balaban J connectivity index is 2.50. The molecule has 110 valence electrons. The second-order valence-electron chi connectivity index (χ2n) is 4.84. The van der Waals surface area contributed by atoms with E-state index in [0.717, 1.165) is 37.8 Å². The summed E-state index contributed by atoms with van der Waals surface area (Å²) in [5.41, 5.74) is -0.819. The molecule has 2 rings (SSSR count). The Hall–Kier alpha value is -1.76. The second kappa shape index (κ2) is 6.13. The minimum atomic E-state index is -1.22. The molecule has 1 saturated carbocycles. The molecule has 0 radical (unpaired) electrons. The number of nitrogens with zero attached hydrogens (tertiary/aromatic N) is 2. The van der Waals surface area contributed by atoms with E-state index < -0.39 is 22.2 Å². The van der Waals surface area contributed by atoms with Crippen molar-refractivity contribution < 1.29 is 18.8 Å². The molecule has 1 aliphatic carbocycles. The van der Waals surface area contributed by atoms with Crippen LogP contribution in [0.1, 0.15) is 25.7 Å². The van der Waals surface area contributed by atoms with Gasteiger partial charge in [-0.3, -0.25) is 10.1 Å². The fourth-order valence-electron chi connectivity index (χ4n) is 2.75. The van der Waals surface area contributed by atoms with Gasteiger partial charge >= 0.3 is 0 Å². The van der Waals surface area contributed by atoms with E-state index in [1.165, 1.54) is 4.90 Å². The van der Waals surface area contributed by atoms with Crippen LogP contribution in [0, 0.1) is 21.7 Å². The van der Waals surface area contributed by atoms with Crippen molar-refractivity contribution in [3.05, 3.63) is 33.9 Å².